The van der Waals surface area contributed by atoms with Crippen molar-refractivity contribution in [3.8, 4) is 0 Å². The lowest BCUT2D eigenvalue weighted by Crippen LogP contribution is -2.42. The summed E-state index contributed by atoms with van der Waals surface area (Å²) in [4.78, 5) is 13.5. The molecule has 0 saturated carbocycles. The fourth-order valence-electron chi connectivity index (χ4n) is 2.72. The molecule has 1 amide bonds. The smallest absolute Gasteiger partial charge is 0.222 e. The van der Waals surface area contributed by atoms with Crippen LogP contribution in [0.5, 0.6) is 0 Å². The highest BCUT2D eigenvalue weighted by molar-refractivity contribution is 7.99. The van der Waals surface area contributed by atoms with Gasteiger partial charge in [-0.05, 0) is 18.1 Å². The Morgan fingerprint density at radius 3 is 3.00 bits per heavy atom. The predicted octanol–water partition coefficient (Wildman–Crippen LogP) is 2.86. The van der Waals surface area contributed by atoms with Crippen LogP contribution in [0.4, 0.5) is 0 Å². The number of amides is 1. The Labute approximate surface area is 140 Å². The van der Waals surface area contributed by atoms with Crippen LogP contribution in [-0.2, 0) is 4.79 Å². The van der Waals surface area contributed by atoms with Crippen molar-refractivity contribution in [1.82, 2.24) is 10.6 Å². The summed E-state index contributed by atoms with van der Waals surface area (Å²) in [6, 6.07) is 8.94. The lowest BCUT2D eigenvalue weighted by molar-refractivity contribution is -0.122. The molecule has 2 heterocycles. The van der Waals surface area contributed by atoms with Gasteiger partial charge in [0.25, 0.3) is 0 Å². The monoisotopic (exact) mass is 344 g/mol. The van der Waals surface area contributed by atoms with Gasteiger partial charge in [0.15, 0.2) is 0 Å². The zero-order valence-electron chi connectivity index (χ0n) is 11.8. The normalized spacial score (nSPS) is 24.6. The van der Waals surface area contributed by atoms with Gasteiger partial charge < -0.3 is 10.6 Å². The molecule has 2 aliphatic heterocycles. The molecule has 0 spiro atoms. The van der Waals surface area contributed by atoms with Crippen molar-refractivity contribution in [1.29, 1.82) is 0 Å². The van der Waals surface area contributed by atoms with E-state index in [9.17, 15) is 4.79 Å². The summed E-state index contributed by atoms with van der Waals surface area (Å²) in [5.41, 5.74) is 1.28. The molecule has 1 saturated heterocycles. The fourth-order valence-corrected chi connectivity index (χ4v) is 4.79. The van der Waals surface area contributed by atoms with Gasteiger partial charge in [0.05, 0.1) is 6.04 Å². The number of rotatable bonds is 3. The molecule has 2 N–H and O–H groups in total. The standard InChI is InChI=1S/C15H20N2OS2.ClH/c18-15(9-11-10-19-8-6-16-11)17-13-5-7-20-14-4-2-1-3-12(13)14;/h1-4,11,13,16H,5-10H2,(H,17,18);1H. The molecule has 116 valence electrons. The van der Waals surface area contributed by atoms with Gasteiger partial charge in [0, 0.05) is 41.2 Å². The third kappa shape index (κ3) is 4.55. The Morgan fingerprint density at radius 1 is 1.33 bits per heavy atom. The average molecular weight is 345 g/mol. The molecule has 1 fully saturated rings. The molecule has 2 unspecified atom stereocenters. The van der Waals surface area contributed by atoms with Crippen molar-refractivity contribution in [3.63, 3.8) is 0 Å². The number of carbonyl (C=O) groups excluding carboxylic acids is 1. The maximum absolute atomic E-state index is 12.2. The lowest BCUT2D eigenvalue weighted by Gasteiger charge is -2.27. The third-order valence-electron chi connectivity index (χ3n) is 3.72. The van der Waals surface area contributed by atoms with E-state index in [4.69, 9.17) is 0 Å². The van der Waals surface area contributed by atoms with Gasteiger partial charge in [-0.2, -0.15) is 11.8 Å². The molecule has 0 aliphatic carbocycles. The summed E-state index contributed by atoms with van der Waals surface area (Å²) in [5, 5.41) is 6.64. The Kier molecular flexibility index (Phi) is 6.74. The van der Waals surface area contributed by atoms with Crippen molar-refractivity contribution in [2.75, 3.05) is 23.8 Å². The maximum Gasteiger partial charge on any atom is 0.222 e. The molecule has 0 bridgehead atoms. The number of benzene rings is 1. The summed E-state index contributed by atoms with van der Waals surface area (Å²) in [6.07, 6.45) is 1.62. The molecule has 3 nitrogen and oxygen atoms in total. The van der Waals surface area contributed by atoms with E-state index in [0.29, 0.717) is 12.5 Å². The molecule has 21 heavy (non-hydrogen) atoms. The van der Waals surface area contributed by atoms with E-state index in [-0.39, 0.29) is 24.4 Å². The summed E-state index contributed by atoms with van der Waals surface area (Å²) in [5.74, 6) is 3.46. The molecule has 6 heteroatoms. The van der Waals surface area contributed by atoms with Crippen molar-refractivity contribution < 1.29 is 4.79 Å². The lowest BCUT2D eigenvalue weighted by atomic mass is 10.0. The van der Waals surface area contributed by atoms with Gasteiger partial charge in [-0.3, -0.25) is 4.79 Å². The largest absolute Gasteiger partial charge is 0.349 e. The molecule has 1 aromatic rings. The number of carbonyl (C=O) groups is 1. The Hall–Kier alpha value is -0.360. The van der Waals surface area contributed by atoms with E-state index < -0.39 is 0 Å². The zero-order valence-corrected chi connectivity index (χ0v) is 14.3. The summed E-state index contributed by atoms with van der Waals surface area (Å²) in [7, 11) is 0. The fraction of sp³-hybridized carbons (Fsp3) is 0.533. The molecule has 0 aromatic heterocycles. The predicted molar refractivity (Wildman–Crippen MR) is 93.6 cm³/mol. The van der Waals surface area contributed by atoms with E-state index in [1.807, 2.05) is 23.5 Å². The van der Waals surface area contributed by atoms with Crippen LogP contribution in [0, 0.1) is 0 Å². The summed E-state index contributed by atoms with van der Waals surface area (Å²) < 4.78 is 0. The first-order valence-electron chi connectivity index (χ1n) is 7.15. The number of fused-ring (bicyclic) bond motifs is 1. The number of hydrogen-bond donors (Lipinski definition) is 2. The van der Waals surface area contributed by atoms with Gasteiger partial charge in [0.2, 0.25) is 5.91 Å². The van der Waals surface area contributed by atoms with Crippen LogP contribution in [0.25, 0.3) is 0 Å². The highest BCUT2D eigenvalue weighted by atomic mass is 35.5. The Bertz CT molecular complexity index is 480. The SMILES string of the molecule is Cl.O=C(CC1CSCCN1)NC1CCSc2ccccc21. The van der Waals surface area contributed by atoms with Gasteiger partial charge in [-0.25, -0.2) is 0 Å². The second kappa shape index (κ2) is 8.32. The highest BCUT2D eigenvalue weighted by Gasteiger charge is 2.23. The first-order valence-corrected chi connectivity index (χ1v) is 9.29. The molecule has 0 radical (unpaired) electrons. The summed E-state index contributed by atoms with van der Waals surface area (Å²) in [6.45, 7) is 1.02. The van der Waals surface area contributed by atoms with E-state index in [1.54, 1.807) is 0 Å². The van der Waals surface area contributed by atoms with Crippen LogP contribution in [0.15, 0.2) is 29.2 Å². The van der Waals surface area contributed by atoms with Crippen LogP contribution in [-0.4, -0.2) is 35.8 Å². The summed E-state index contributed by atoms with van der Waals surface area (Å²) >= 11 is 3.82. The van der Waals surface area contributed by atoms with Crippen molar-refractivity contribution >= 4 is 41.8 Å². The van der Waals surface area contributed by atoms with E-state index in [2.05, 4.69) is 34.9 Å². The van der Waals surface area contributed by atoms with Crippen LogP contribution < -0.4 is 10.6 Å². The second-order valence-corrected chi connectivity index (χ2v) is 7.51. The van der Waals surface area contributed by atoms with Crippen LogP contribution >= 0.6 is 35.9 Å². The number of halogens is 1. The first-order chi connectivity index (χ1) is 9.83. The van der Waals surface area contributed by atoms with Crippen LogP contribution in [0.3, 0.4) is 0 Å². The molecule has 1 aromatic carbocycles. The molecule has 2 aliphatic rings. The van der Waals surface area contributed by atoms with Gasteiger partial charge in [-0.1, -0.05) is 18.2 Å². The van der Waals surface area contributed by atoms with Crippen LogP contribution in [0.2, 0.25) is 0 Å². The van der Waals surface area contributed by atoms with Crippen molar-refractivity contribution in [2.24, 2.45) is 0 Å². The third-order valence-corrected chi connectivity index (χ3v) is 5.98. The molecule has 3 rings (SSSR count). The van der Waals surface area contributed by atoms with Gasteiger partial charge in [0.1, 0.15) is 0 Å². The van der Waals surface area contributed by atoms with E-state index in [1.165, 1.54) is 10.5 Å². The second-order valence-electron chi connectivity index (χ2n) is 5.23. The average Bonchev–Trinajstić information content (AvgIpc) is 2.48. The molecule has 2 atom stereocenters. The number of hydrogen-bond acceptors (Lipinski definition) is 4. The van der Waals surface area contributed by atoms with E-state index >= 15 is 0 Å². The zero-order chi connectivity index (χ0) is 13.8. The minimum atomic E-state index is 0. The molecular weight excluding hydrogens is 324 g/mol. The van der Waals surface area contributed by atoms with E-state index in [0.717, 1.165) is 30.2 Å². The first kappa shape index (κ1) is 17.0. The minimum Gasteiger partial charge on any atom is -0.349 e. The van der Waals surface area contributed by atoms with Crippen LogP contribution in [0.1, 0.15) is 24.4 Å². The Morgan fingerprint density at radius 2 is 2.19 bits per heavy atom. The highest BCUT2D eigenvalue weighted by Crippen LogP contribution is 2.35. The Balaban J connectivity index is 0.00000161. The number of nitrogens with one attached hydrogen (secondary N) is 2. The maximum atomic E-state index is 12.2. The number of thioether (sulfide) groups is 2. The van der Waals surface area contributed by atoms with Crippen molar-refractivity contribution in [2.45, 2.75) is 29.8 Å². The minimum absolute atomic E-state index is 0. The quantitative estimate of drug-likeness (QED) is 0.884. The van der Waals surface area contributed by atoms with Gasteiger partial charge in [-0.15, -0.1) is 24.2 Å². The van der Waals surface area contributed by atoms with Gasteiger partial charge >= 0.3 is 0 Å². The molecular formula is C15H21ClN2OS2. The topological polar surface area (TPSA) is 41.1 Å². The van der Waals surface area contributed by atoms with Crippen molar-refractivity contribution in [3.05, 3.63) is 29.8 Å².